The lowest BCUT2D eigenvalue weighted by atomic mass is 9.96. The second-order valence-electron chi connectivity index (χ2n) is 7.08. The highest BCUT2D eigenvalue weighted by Crippen LogP contribution is 2.39. The summed E-state index contributed by atoms with van der Waals surface area (Å²) in [6, 6.07) is 6.76. The number of hydrogen-bond acceptors (Lipinski definition) is 4. The van der Waals surface area contributed by atoms with E-state index in [-0.39, 0.29) is 11.2 Å². The van der Waals surface area contributed by atoms with Crippen molar-refractivity contribution in [1.82, 2.24) is 0 Å². The average molecular weight is 391 g/mol. The molecule has 0 saturated carbocycles. The Labute approximate surface area is 165 Å². The van der Waals surface area contributed by atoms with Crippen LogP contribution in [-0.4, -0.2) is 17.8 Å². The largest absolute Gasteiger partial charge is 0.465 e. The van der Waals surface area contributed by atoms with Gasteiger partial charge in [-0.3, -0.25) is 4.79 Å². The molecule has 3 rings (SSSR count). The topological polar surface area (TPSA) is 26.3 Å². The van der Waals surface area contributed by atoms with Crippen molar-refractivity contribution >= 4 is 39.2 Å². The first-order valence-electron chi connectivity index (χ1n) is 10.1. The summed E-state index contributed by atoms with van der Waals surface area (Å²) in [6.45, 7) is 4.57. The number of hydrogen-bond donors (Lipinski definition) is 0. The number of esters is 1. The van der Waals surface area contributed by atoms with E-state index in [1.165, 1.54) is 59.9 Å². The third-order valence-electron chi connectivity index (χ3n) is 5.07. The van der Waals surface area contributed by atoms with Crippen LogP contribution in [0, 0.1) is 0 Å². The van der Waals surface area contributed by atoms with Gasteiger partial charge in [0, 0.05) is 14.5 Å². The minimum absolute atomic E-state index is 0.0542. The Balaban J connectivity index is 1.75. The van der Waals surface area contributed by atoms with Crippen LogP contribution in [0.3, 0.4) is 0 Å². The first-order chi connectivity index (χ1) is 12.7. The van der Waals surface area contributed by atoms with Crippen molar-refractivity contribution in [2.45, 2.75) is 81.8 Å². The van der Waals surface area contributed by atoms with Gasteiger partial charge in [0.1, 0.15) is 5.25 Å². The quantitative estimate of drug-likeness (QED) is 0.268. The van der Waals surface area contributed by atoms with Gasteiger partial charge in [0.15, 0.2) is 0 Å². The van der Waals surface area contributed by atoms with E-state index in [9.17, 15) is 4.79 Å². The molecule has 0 aliphatic heterocycles. The highest BCUT2D eigenvalue weighted by Gasteiger charge is 2.22. The highest BCUT2D eigenvalue weighted by atomic mass is 32.2. The zero-order chi connectivity index (χ0) is 18.4. The zero-order valence-corrected chi connectivity index (χ0v) is 17.6. The molecule has 0 spiro atoms. The lowest BCUT2D eigenvalue weighted by molar-refractivity contribution is -0.142. The lowest BCUT2D eigenvalue weighted by Crippen LogP contribution is -2.20. The second-order valence-corrected chi connectivity index (χ2v) is 9.49. The minimum atomic E-state index is -0.0845. The van der Waals surface area contributed by atoms with Crippen LogP contribution in [0.1, 0.15) is 69.2 Å². The molecule has 1 unspecified atom stereocenters. The monoisotopic (exact) mass is 390 g/mol. The van der Waals surface area contributed by atoms with Gasteiger partial charge in [-0.05, 0) is 68.2 Å². The molecule has 142 valence electrons. The molecule has 0 bridgehead atoms. The van der Waals surface area contributed by atoms with Gasteiger partial charge in [-0.25, -0.2) is 0 Å². The molecule has 0 saturated heterocycles. The third kappa shape index (κ3) is 4.83. The van der Waals surface area contributed by atoms with Crippen molar-refractivity contribution in [3.8, 4) is 0 Å². The third-order valence-corrected chi connectivity index (χ3v) is 7.59. The molecule has 0 amide bonds. The van der Waals surface area contributed by atoms with Crippen molar-refractivity contribution in [3.63, 3.8) is 0 Å². The molecule has 1 heterocycles. The van der Waals surface area contributed by atoms with Crippen LogP contribution in [0.2, 0.25) is 0 Å². The van der Waals surface area contributed by atoms with Crippen LogP contribution >= 0.6 is 23.1 Å². The van der Waals surface area contributed by atoms with Crippen molar-refractivity contribution in [3.05, 3.63) is 28.6 Å². The minimum Gasteiger partial charge on any atom is -0.465 e. The van der Waals surface area contributed by atoms with Crippen LogP contribution in [0.25, 0.3) is 10.1 Å². The number of aryl methyl sites for hydroxylation is 2. The highest BCUT2D eigenvalue weighted by molar-refractivity contribution is 8.00. The fourth-order valence-corrected chi connectivity index (χ4v) is 6.08. The van der Waals surface area contributed by atoms with Crippen LogP contribution in [0.4, 0.5) is 0 Å². The summed E-state index contributed by atoms with van der Waals surface area (Å²) in [5, 5.41) is 1.34. The SMILES string of the molecule is CCCCCCC(Sc1ccc2sc3c(c2c1)CCCC3)C(=O)OCC. The first kappa shape index (κ1) is 19.8. The number of fused-ring (bicyclic) bond motifs is 3. The van der Waals surface area contributed by atoms with Crippen LogP contribution < -0.4 is 0 Å². The summed E-state index contributed by atoms with van der Waals surface area (Å²) in [4.78, 5) is 15.2. The fraction of sp³-hybridized carbons (Fsp3) is 0.591. The van der Waals surface area contributed by atoms with Crippen LogP contribution in [-0.2, 0) is 22.4 Å². The van der Waals surface area contributed by atoms with Gasteiger partial charge >= 0.3 is 5.97 Å². The first-order valence-corrected chi connectivity index (χ1v) is 11.8. The van der Waals surface area contributed by atoms with Crippen molar-refractivity contribution in [1.29, 1.82) is 0 Å². The lowest BCUT2D eigenvalue weighted by Gasteiger charge is -2.15. The molecule has 1 aromatic heterocycles. The Morgan fingerprint density at radius 2 is 2.04 bits per heavy atom. The molecule has 26 heavy (non-hydrogen) atoms. The molecule has 4 heteroatoms. The van der Waals surface area contributed by atoms with Crippen molar-refractivity contribution in [2.24, 2.45) is 0 Å². The molecule has 0 radical (unpaired) electrons. The predicted octanol–water partition coefficient (Wildman–Crippen LogP) is 6.77. The van der Waals surface area contributed by atoms with Crippen molar-refractivity contribution in [2.75, 3.05) is 6.61 Å². The Morgan fingerprint density at radius 3 is 2.85 bits per heavy atom. The average Bonchev–Trinajstić information content (AvgIpc) is 3.02. The Bertz CT molecular complexity index is 735. The summed E-state index contributed by atoms with van der Waals surface area (Å²) in [5.74, 6) is -0.0542. The number of thioether (sulfide) groups is 1. The summed E-state index contributed by atoms with van der Waals surface area (Å²) >= 11 is 3.65. The van der Waals surface area contributed by atoms with Gasteiger partial charge < -0.3 is 4.74 Å². The van der Waals surface area contributed by atoms with Crippen LogP contribution in [0.5, 0.6) is 0 Å². The molecular weight excluding hydrogens is 360 g/mol. The molecule has 2 aromatic rings. The number of thiophene rings is 1. The molecule has 2 nitrogen and oxygen atoms in total. The molecule has 1 aliphatic rings. The van der Waals surface area contributed by atoms with E-state index in [2.05, 4.69) is 25.1 Å². The van der Waals surface area contributed by atoms with Gasteiger partial charge in [-0.2, -0.15) is 0 Å². The number of rotatable bonds is 9. The van der Waals surface area contributed by atoms with E-state index in [4.69, 9.17) is 4.74 Å². The number of carbonyl (C=O) groups excluding carboxylic acids is 1. The maximum Gasteiger partial charge on any atom is 0.319 e. The Morgan fingerprint density at radius 1 is 1.19 bits per heavy atom. The zero-order valence-electron chi connectivity index (χ0n) is 16.0. The number of carbonyl (C=O) groups is 1. The fourth-order valence-electron chi connectivity index (χ4n) is 3.70. The maximum absolute atomic E-state index is 12.4. The normalized spacial score (nSPS) is 15.0. The molecule has 0 N–H and O–H groups in total. The predicted molar refractivity (Wildman–Crippen MR) is 114 cm³/mol. The molecule has 1 atom stereocenters. The smallest absolute Gasteiger partial charge is 0.319 e. The van der Waals surface area contributed by atoms with E-state index in [0.717, 1.165) is 12.8 Å². The molecular formula is C22H30O2S2. The summed E-state index contributed by atoms with van der Waals surface area (Å²) in [6.07, 6.45) is 10.7. The van der Waals surface area contributed by atoms with Gasteiger partial charge in [0.05, 0.1) is 6.61 Å². The van der Waals surface area contributed by atoms with Gasteiger partial charge in [0.2, 0.25) is 0 Å². The maximum atomic E-state index is 12.4. The summed E-state index contributed by atoms with van der Waals surface area (Å²) in [5.41, 5.74) is 1.56. The second kappa shape index (κ2) is 9.80. The number of ether oxygens (including phenoxy) is 1. The van der Waals surface area contributed by atoms with Gasteiger partial charge in [-0.1, -0.05) is 32.6 Å². The Hall–Kier alpha value is -1.00. The van der Waals surface area contributed by atoms with E-state index in [1.807, 2.05) is 18.3 Å². The van der Waals surface area contributed by atoms with Gasteiger partial charge in [0.25, 0.3) is 0 Å². The summed E-state index contributed by atoms with van der Waals surface area (Å²) in [7, 11) is 0. The molecule has 1 aliphatic carbocycles. The van der Waals surface area contributed by atoms with Crippen LogP contribution in [0.15, 0.2) is 23.1 Å². The number of unbranched alkanes of at least 4 members (excludes halogenated alkanes) is 3. The summed E-state index contributed by atoms with van der Waals surface area (Å²) < 4.78 is 6.74. The van der Waals surface area contributed by atoms with E-state index in [0.29, 0.717) is 6.61 Å². The standard InChI is InChI=1S/C22H30O2S2/c1-3-5-6-7-12-21(22(23)24-4-2)25-16-13-14-20-18(15-16)17-10-8-9-11-19(17)26-20/h13-15,21H,3-12H2,1-2H3. The van der Waals surface area contributed by atoms with E-state index < -0.39 is 0 Å². The Kier molecular flexibility index (Phi) is 7.44. The number of benzene rings is 1. The molecule has 1 aromatic carbocycles. The van der Waals surface area contributed by atoms with E-state index >= 15 is 0 Å². The molecule has 0 fully saturated rings. The van der Waals surface area contributed by atoms with Gasteiger partial charge in [-0.15, -0.1) is 23.1 Å². The van der Waals surface area contributed by atoms with Crippen molar-refractivity contribution < 1.29 is 9.53 Å². The van der Waals surface area contributed by atoms with E-state index in [1.54, 1.807) is 22.2 Å².